The molecule has 0 saturated heterocycles. The average Bonchev–Trinajstić information content (AvgIpc) is 2.42. The summed E-state index contributed by atoms with van der Waals surface area (Å²) in [5.74, 6) is -4.08. The van der Waals surface area contributed by atoms with Crippen LogP contribution in [-0.4, -0.2) is 41.2 Å². The molecule has 1 aromatic carbocycles. The van der Waals surface area contributed by atoms with E-state index in [4.69, 9.17) is 5.11 Å². The van der Waals surface area contributed by atoms with Gasteiger partial charge in [-0.05, 0) is 5.56 Å². The fourth-order valence-corrected chi connectivity index (χ4v) is 1.83. The van der Waals surface area contributed by atoms with Crippen LogP contribution in [0.5, 0.6) is 0 Å². The van der Waals surface area contributed by atoms with Crippen LogP contribution in [0.4, 0.5) is 13.2 Å². The van der Waals surface area contributed by atoms with Gasteiger partial charge in [-0.25, -0.2) is 4.79 Å². The Bertz CT molecular complexity index is 575. The van der Waals surface area contributed by atoms with Crippen LogP contribution in [0.3, 0.4) is 0 Å². The molecule has 0 aliphatic heterocycles. The van der Waals surface area contributed by atoms with E-state index >= 15 is 0 Å². The predicted molar refractivity (Wildman–Crippen MR) is 73.4 cm³/mol. The summed E-state index contributed by atoms with van der Waals surface area (Å²) < 4.78 is 37.8. The highest BCUT2D eigenvalue weighted by atomic mass is 19.4. The van der Waals surface area contributed by atoms with Crippen LogP contribution in [-0.2, 0) is 20.8 Å². The molecule has 1 aromatic rings. The van der Waals surface area contributed by atoms with Crippen molar-refractivity contribution in [2.75, 3.05) is 0 Å². The lowest BCUT2D eigenvalue weighted by Crippen LogP contribution is -2.56. The van der Waals surface area contributed by atoms with Crippen LogP contribution < -0.4 is 10.6 Å². The molecule has 9 heteroatoms. The van der Waals surface area contributed by atoms with Crippen molar-refractivity contribution in [3.8, 4) is 0 Å². The number of benzene rings is 1. The fraction of sp³-hybridized carbons (Fsp3) is 0.357. The Labute approximate surface area is 129 Å². The van der Waals surface area contributed by atoms with Gasteiger partial charge in [-0.3, -0.25) is 9.59 Å². The average molecular weight is 332 g/mol. The molecule has 0 fully saturated rings. The van der Waals surface area contributed by atoms with Gasteiger partial charge < -0.3 is 15.7 Å². The van der Waals surface area contributed by atoms with Gasteiger partial charge >= 0.3 is 12.1 Å². The van der Waals surface area contributed by atoms with Crippen molar-refractivity contribution in [1.29, 1.82) is 0 Å². The molecule has 0 saturated carbocycles. The Balaban J connectivity index is 2.91. The Hall–Kier alpha value is -2.58. The largest absolute Gasteiger partial charge is 0.479 e. The summed E-state index contributed by atoms with van der Waals surface area (Å²) >= 11 is 0. The molecule has 6 nitrogen and oxygen atoms in total. The van der Waals surface area contributed by atoms with Crippen molar-refractivity contribution in [2.45, 2.75) is 31.6 Å². The maximum Gasteiger partial charge on any atom is 0.419 e. The third-order valence-electron chi connectivity index (χ3n) is 2.84. The molecule has 0 aliphatic carbocycles. The third kappa shape index (κ3) is 5.97. The quantitative estimate of drug-likeness (QED) is 0.720. The highest BCUT2D eigenvalue weighted by molar-refractivity contribution is 5.90. The number of hydrogen-bond donors (Lipinski definition) is 3. The number of alkyl halides is 3. The van der Waals surface area contributed by atoms with Crippen molar-refractivity contribution in [3.63, 3.8) is 0 Å². The van der Waals surface area contributed by atoms with Gasteiger partial charge in [0.25, 0.3) is 0 Å². The topological polar surface area (TPSA) is 95.5 Å². The van der Waals surface area contributed by atoms with E-state index in [0.29, 0.717) is 5.56 Å². The molecule has 126 valence electrons. The van der Waals surface area contributed by atoms with Crippen molar-refractivity contribution in [3.05, 3.63) is 35.9 Å². The van der Waals surface area contributed by atoms with E-state index in [1.807, 2.05) is 0 Å². The molecule has 0 spiro atoms. The summed E-state index contributed by atoms with van der Waals surface area (Å²) in [7, 11) is 0. The first-order valence-electron chi connectivity index (χ1n) is 6.52. The summed E-state index contributed by atoms with van der Waals surface area (Å²) in [5, 5.41) is 12.2. The first-order valence-corrected chi connectivity index (χ1v) is 6.52. The van der Waals surface area contributed by atoms with E-state index in [2.05, 4.69) is 5.32 Å². The first-order chi connectivity index (χ1) is 10.6. The van der Waals surface area contributed by atoms with Crippen LogP contribution in [0.1, 0.15) is 12.5 Å². The van der Waals surface area contributed by atoms with Gasteiger partial charge in [0.1, 0.15) is 6.04 Å². The number of rotatable bonds is 6. The van der Waals surface area contributed by atoms with Crippen LogP contribution in [0.15, 0.2) is 30.3 Å². The standard InChI is InChI=1S/C14H15F3N2O4/c1-8(20)18-10(7-9-5-3-2-4-6-9)12(21)19-11(13(22)23)14(15,16)17/h2-6,10-11H,7H2,1H3,(H,18,20)(H,19,21)(H,22,23)/t10-,11+/m1/s1. The highest BCUT2D eigenvalue weighted by Crippen LogP contribution is 2.20. The second kappa shape index (κ2) is 7.61. The van der Waals surface area contributed by atoms with E-state index in [0.717, 1.165) is 6.92 Å². The van der Waals surface area contributed by atoms with E-state index in [9.17, 15) is 27.6 Å². The second-order valence-corrected chi connectivity index (χ2v) is 4.76. The summed E-state index contributed by atoms with van der Waals surface area (Å²) in [6.45, 7) is 1.10. The summed E-state index contributed by atoms with van der Waals surface area (Å²) in [4.78, 5) is 33.8. The number of hydrogen-bond acceptors (Lipinski definition) is 3. The molecule has 0 radical (unpaired) electrons. The minimum absolute atomic E-state index is 0.0730. The fourth-order valence-electron chi connectivity index (χ4n) is 1.83. The summed E-state index contributed by atoms with van der Waals surface area (Å²) in [6, 6.07) is 3.92. The lowest BCUT2D eigenvalue weighted by Gasteiger charge is -2.22. The molecule has 2 atom stereocenters. The van der Waals surface area contributed by atoms with Crippen LogP contribution in [0.2, 0.25) is 0 Å². The smallest absolute Gasteiger partial charge is 0.419 e. The zero-order valence-electron chi connectivity index (χ0n) is 12.1. The Morgan fingerprint density at radius 3 is 2.13 bits per heavy atom. The number of amides is 2. The lowest BCUT2D eigenvalue weighted by molar-refractivity contribution is -0.182. The molecule has 0 aromatic heterocycles. The van der Waals surface area contributed by atoms with Gasteiger partial charge in [-0.2, -0.15) is 13.2 Å². The number of aliphatic carboxylic acids is 1. The van der Waals surface area contributed by atoms with E-state index in [1.54, 1.807) is 30.3 Å². The van der Waals surface area contributed by atoms with Gasteiger partial charge in [0, 0.05) is 13.3 Å². The van der Waals surface area contributed by atoms with Crippen molar-refractivity contribution < 1.29 is 32.7 Å². The van der Waals surface area contributed by atoms with Gasteiger partial charge in [-0.15, -0.1) is 0 Å². The van der Waals surface area contributed by atoms with E-state index in [1.165, 1.54) is 5.32 Å². The number of carbonyl (C=O) groups excluding carboxylic acids is 2. The summed E-state index contributed by atoms with van der Waals surface area (Å²) in [6.07, 6.45) is -5.22. The molecule has 0 unspecified atom stereocenters. The van der Waals surface area contributed by atoms with Gasteiger partial charge in [-0.1, -0.05) is 30.3 Å². The molecule has 1 rings (SSSR count). The zero-order chi connectivity index (χ0) is 17.6. The van der Waals surface area contributed by atoms with Gasteiger partial charge in [0.15, 0.2) is 0 Å². The molecule has 0 heterocycles. The number of carbonyl (C=O) groups is 3. The van der Waals surface area contributed by atoms with Crippen LogP contribution in [0, 0.1) is 0 Å². The van der Waals surface area contributed by atoms with E-state index in [-0.39, 0.29) is 6.42 Å². The minimum atomic E-state index is -5.14. The molecule has 0 aliphatic rings. The molecular weight excluding hydrogens is 317 g/mol. The van der Waals surface area contributed by atoms with Crippen LogP contribution in [0.25, 0.3) is 0 Å². The number of carboxylic acids is 1. The predicted octanol–water partition coefficient (Wildman–Crippen LogP) is 0.865. The number of nitrogens with one attached hydrogen (secondary N) is 2. The zero-order valence-corrected chi connectivity index (χ0v) is 12.1. The molecule has 23 heavy (non-hydrogen) atoms. The molecule has 2 amide bonds. The molecule has 3 N–H and O–H groups in total. The SMILES string of the molecule is CC(=O)N[C@H](Cc1ccccc1)C(=O)N[C@@H](C(=O)O)C(F)(F)F. The number of carboxylic acid groups (broad SMARTS) is 1. The normalized spacial score (nSPS) is 13.7. The van der Waals surface area contributed by atoms with Gasteiger partial charge in [0.05, 0.1) is 0 Å². The molecule has 0 bridgehead atoms. The Morgan fingerprint density at radius 1 is 1.13 bits per heavy atom. The van der Waals surface area contributed by atoms with E-state index < -0.39 is 36.0 Å². The van der Waals surface area contributed by atoms with Crippen LogP contribution >= 0.6 is 0 Å². The highest BCUT2D eigenvalue weighted by Gasteiger charge is 2.47. The third-order valence-corrected chi connectivity index (χ3v) is 2.84. The maximum absolute atomic E-state index is 12.6. The van der Waals surface area contributed by atoms with Gasteiger partial charge in [0.2, 0.25) is 17.9 Å². The minimum Gasteiger partial charge on any atom is -0.479 e. The van der Waals surface area contributed by atoms with Crippen molar-refractivity contribution in [2.24, 2.45) is 0 Å². The second-order valence-electron chi connectivity index (χ2n) is 4.76. The Kier molecular flexibility index (Phi) is 6.11. The first kappa shape index (κ1) is 18.5. The van der Waals surface area contributed by atoms with Crippen molar-refractivity contribution >= 4 is 17.8 Å². The Morgan fingerprint density at radius 2 is 1.70 bits per heavy atom. The van der Waals surface area contributed by atoms with Crippen molar-refractivity contribution in [1.82, 2.24) is 10.6 Å². The summed E-state index contributed by atoms with van der Waals surface area (Å²) in [5.41, 5.74) is 0.597. The lowest BCUT2D eigenvalue weighted by atomic mass is 10.0. The monoisotopic (exact) mass is 332 g/mol. The maximum atomic E-state index is 12.6. The number of halogens is 3. The molecular formula is C14H15F3N2O4.